The number of thiol groups is 1. The molecule has 1 aromatic carbocycles. The molecule has 0 aliphatic carbocycles. The standard InChI is InChI=1S/C19H24N2O6S2/c22-16(23)6-2-1-5-11-27-19(26)21(10-4-3-7-17(24)25)13-8-9-14-15(12-13)29-18(28)20-14/h8-9,12H,1-7,10-11H2,(H,20,28)(H,22,23)(H,24,25). The molecule has 1 aromatic heterocycles. The molecule has 0 saturated heterocycles. The van der Waals surface area contributed by atoms with Crippen LogP contribution in [0, 0.1) is 0 Å². The molecule has 0 atom stereocenters. The number of hydrogen-bond acceptors (Lipinski definition) is 7. The van der Waals surface area contributed by atoms with Crippen LogP contribution >= 0.6 is 24.0 Å². The molecule has 0 bridgehead atoms. The van der Waals surface area contributed by atoms with Crippen molar-refractivity contribution in [3.8, 4) is 0 Å². The van der Waals surface area contributed by atoms with Crippen molar-refractivity contribution in [2.45, 2.75) is 49.3 Å². The number of thiazole rings is 1. The summed E-state index contributed by atoms with van der Waals surface area (Å²) in [5, 5.41) is 17.4. The van der Waals surface area contributed by atoms with Crippen molar-refractivity contribution >= 4 is 57.9 Å². The smallest absolute Gasteiger partial charge is 0.414 e. The third-order valence-corrected chi connectivity index (χ3v) is 5.37. The Kier molecular flexibility index (Phi) is 9.20. The number of hydrogen-bond donors (Lipinski definition) is 3. The number of rotatable bonds is 12. The topological polar surface area (TPSA) is 117 Å². The number of unbranched alkanes of at least 4 members (excludes halogenated alkanes) is 3. The number of aliphatic carboxylic acids is 2. The molecule has 10 heteroatoms. The van der Waals surface area contributed by atoms with Gasteiger partial charge in [-0.25, -0.2) is 9.78 Å². The highest BCUT2D eigenvalue weighted by Gasteiger charge is 2.18. The molecule has 0 aliphatic heterocycles. The van der Waals surface area contributed by atoms with Crippen LogP contribution in [-0.2, 0) is 14.3 Å². The highest BCUT2D eigenvalue weighted by molar-refractivity contribution is 7.82. The highest BCUT2D eigenvalue weighted by atomic mass is 32.2. The predicted molar refractivity (Wildman–Crippen MR) is 113 cm³/mol. The van der Waals surface area contributed by atoms with Gasteiger partial charge in [-0.15, -0.1) is 24.0 Å². The van der Waals surface area contributed by atoms with E-state index in [9.17, 15) is 14.4 Å². The van der Waals surface area contributed by atoms with E-state index >= 15 is 0 Å². The van der Waals surface area contributed by atoms with Gasteiger partial charge in [0.2, 0.25) is 0 Å². The summed E-state index contributed by atoms with van der Waals surface area (Å²) in [5.74, 6) is -1.70. The zero-order chi connectivity index (χ0) is 21.2. The van der Waals surface area contributed by atoms with Crippen LogP contribution in [0.1, 0.15) is 44.9 Å². The van der Waals surface area contributed by atoms with Crippen LogP contribution in [0.3, 0.4) is 0 Å². The molecule has 0 unspecified atom stereocenters. The minimum Gasteiger partial charge on any atom is -0.481 e. The lowest BCUT2D eigenvalue weighted by Crippen LogP contribution is -2.32. The van der Waals surface area contributed by atoms with E-state index in [2.05, 4.69) is 17.6 Å². The Morgan fingerprint density at radius 2 is 1.72 bits per heavy atom. The molecule has 8 nitrogen and oxygen atoms in total. The van der Waals surface area contributed by atoms with E-state index < -0.39 is 18.0 Å². The van der Waals surface area contributed by atoms with Gasteiger partial charge in [0.15, 0.2) is 0 Å². The third-order valence-electron chi connectivity index (χ3n) is 4.18. The number of amides is 1. The van der Waals surface area contributed by atoms with Gasteiger partial charge in [-0.05, 0) is 50.3 Å². The lowest BCUT2D eigenvalue weighted by molar-refractivity contribution is -0.138. The molecule has 158 valence electrons. The van der Waals surface area contributed by atoms with E-state index in [1.54, 1.807) is 6.07 Å². The van der Waals surface area contributed by atoms with Crippen LogP contribution in [0.2, 0.25) is 0 Å². The van der Waals surface area contributed by atoms with Crippen molar-refractivity contribution in [2.75, 3.05) is 18.1 Å². The van der Waals surface area contributed by atoms with Gasteiger partial charge in [-0.3, -0.25) is 14.5 Å². The lowest BCUT2D eigenvalue weighted by Gasteiger charge is -2.22. The third kappa shape index (κ3) is 7.90. The zero-order valence-corrected chi connectivity index (χ0v) is 17.6. The van der Waals surface area contributed by atoms with Crippen LogP contribution in [0.4, 0.5) is 10.5 Å². The average Bonchev–Trinajstić information content (AvgIpc) is 3.03. The van der Waals surface area contributed by atoms with Crippen LogP contribution in [0.25, 0.3) is 10.2 Å². The summed E-state index contributed by atoms with van der Waals surface area (Å²) < 4.78 is 6.88. The molecule has 0 spiro atoms. The van der Waals surface area contributed by atoms with Gasteiger partial charge < -0.3 is 14.9 Å². The van der Waals surface area contributed by atoms with Crippen LogP contribution in [0.15, 0.2) is 22.5 Å². The second kappa shape index (κ2) is 11.6. The Balaban J connectivity index is 1.98. The molecule has 0 fully saturated rings. The lowest BCUT2D eigenvalue weighted by atomic mass is 10.2. The maximum Gasteiger partial charge on any atom is 0.414 e. The number of fused-ring (bicyclic) bond motifs is 1. The predicted octanol–water partition coefficient (Wildman–Crippen LogP) is 4.43. The largest absolute Gasteiger partial charge is 0.481 e. The highest BCUT2D eigenvalue weighted by Crippen LogP contribution is 2.29. The Hall–Kier alpha value is -2.33. The molecule has 0 saturated carbocycles. The van der Waals surface area contributed by atoms with Crippen molar-refractivity contribution in [3.63, 3.8) is 0 Å². The fraction of sp³-hybridized carbons (Fsp3) is 0.474. The van der Waals surface area contributed by atoms with Crippen LogP contribution in [-0.4, -0.2) is 46.4 Å². The minimum atomic E-state index is -0.868. The first-order valence-electron chi connectivity index (χ1n) is 9.34. The fourth-order valence-corrected chi connectivity index (χ4v) is 3.87. The Morgan fingerprint density at radius 3 is 2.41 bits per heavy atom. The molecule has 1 amide bonds. The van der Waals surface area contributed by atoms with Gasteiger partial charge in [-0.2, -0.15) is 0 Å². The summed E-state index contributed by atoms with van der Waals surface area (Å²) in [6, 6.07) is 5.43. The summed E-state index contributed by atoms with van der Waals surface area (Å²) in [4.78, 5) is 39.6. The van der Waals surface area contributed by atoms with Crippen molar-refractivity contribution in [2.24, 2.45) is 0 Å². The number of anilines is 1. The molecule has 29 heavy (non-hydrogen) atoms. The van der Waals surface area contributed by atoms with E-state index in [4.69, 9.17) is 14.9 Å². The molecule has 2 N–H and O–H groups in total. The maximum atomic E-state index is 12.6. The van der Waals surface area contributed by atoms with Gasteiger partial charge in [0.05, 0.1) is 16.8 Å². The van der Waals surface area contributed by atoms with E-state index in [0.29, 0.717) is 48.7 Å². The van der Waals surface area contributed by atoms with Crippen LogP contribution < -0.4 is 4.90 Å². The van der Waals surface area contributed by atoms with E-state index in [-0.39, 0.29) is 19.4 Å². The quantitative estimate of drug-likeness (QED) is 0.330. The Labute approximate surface area is 177 Å². The molecule has 0 aliphatic rings. The SMILES string of the molecule is O=C(O)CCCCCOC(=O)N(CCCCC(=O)O)c1ccc2nc(S)sc2c1. The number of benzene rings is 1. The van der Waals surface area contributed by atoms with Gasteiger partial charge in [0, 0.05) is 25.1 Å². The number of carbonyl (C=O) groups excluding carboxylic acids is 1. The number of carboxylic acids is 2. The summed E-state index contributed by atoms with van der Waals surface area (Å²) in [6.45, 7) is 0.539. The van der Waals surface area contributed by atoms with Crippen molar-refractivity contribution in [1.82, 2.24) is 4.98 Å². The molecule has 2 aromatic rings. The number of nitrogens with zero attached hydrogens (tertiary/aromatic N) is 2. The number of carbonyl (C=O) groups is 3. The second-order valence-corrected chi connectivity index (χ2v) is 8.23. The number of carboxylic acid groups (broad SMARTS) is 2. The van der Waals surface area contributed by atoms with E-state index in [1.807, 2.05) is 12.1 Å². The molecular weight excluding hydrogens is 416 g/mol. The van der Waals surface area contributed by atoms with Crippen molar-refractivity contribution < 1.29 is 29.3 Å². The minimum absolute atomic E-state index is 0.0450. The fourth-order valence-electron chi connectivity index (χ4n) is 2.73. The molecule has 0 radical (unpaired) electrons. The van der Waals surface area contributed by atoms with Gasteiger partial charge >= 0.3 is 18.0 Å². The first kappa shape index (κ1) is 23.0. The van der Waals surface area contributed by atoms with Crippen molar-refractivity contribution in [1.29, 1.82) is 0 Å². The average molecular weight is 441 g/mol. The number of aromatic nitrogens is 1. The summed E-state index contributed by atoms with van der Waals surface area (Å²) in [7, 11) is 0. The van der Waals surface area contributed by atoms with Gasteiger partial charge in [0.25, 0.3) is 0 Å². The summed E-state index contributed by atoms with van der Waals surface area (Å²) in [5.41, 5.74) is 1.45. The zero-order valence-electron chi connectivity index (χ0n) is 15.9. The number of ether oxygens (including phenoxy) is 1. The molecular formula is C19H24N2O6S2. The Morgan fingerprint density at radius 1 is 1.03 bits per heavy atom. The normalized spacial score (nSPS) is 10.8. The summed E-state index contributed by atoms with van der Waals surface area (Å²) >= 11 is 5.66. The maximum absolute atomic E-state index is 12.6. The first-order valence-corrected chi connectivity index (χ1v) is 10.6. The van der Waals surface area contributed by atoms with Crippen LogP contribution in [0.5, 0.6) is 0 Å². The van der Waals surface area contributed by atoms with E-state index in [1.165, 1.54) is 16.2 Å². The second-order valence-electron chi connectivity index (χ2n) is 6.47. The van der Waals surface area contributed by atoms with Gasteiger partial charge in [0.1, 0.15) is 4.34 Å². The Bertz CT molecular complexity index is 854. The molecule has 2 rings (SSSR count). The van der Waals surface area contributed by atoms with E-state index in [0.717, 1.165) is 10.2 Å². The monoisotopic (exact) mass is 440 g/mol. The summed E-state index contributed by atoms with van der Waals surface area (Å²) in [6.07, 6.45) is 2.41. The van der Waals surface area contributed by atoms with Gasteiger partial charge in [-0.1, -0.05) is 0 Å². The molecule has 1 heterocycles. The first-order chi connectivity index (χ1) is 13.9. The van der Waals surface area contributed by atoms with Crippen molar-refractivity contribution in [3.05, 3.63) is 18.2 Å².